The van der Waals surface area contributed by atoms with Crippen LogP contribution in [0.15, 0.2) is 54.0 Å². The Morgan fingerprint density at radius 3 is 2.91 bits per heavy atom. The monoisotopic (exact) mass is 324 g/mol. The minimum Gasteiger partial charge on any atom is -0.341 e. The van der Waals surface area contributed by atoms with Gasteiger partial charge in [0.25, 0.3) is 0 Å². The number of pyridine rings is 1. The van der Waals surface area contributed by atoms with E-state index in [0.29, 0.717) is 13.0 Å². The van der Waals surface area contributed by atoms with Gasteiger partial charge in [-0.3, -0.25) is 9.78 Å². The summed E-state index contributed by atoms with van der Waals surface area (Å²) in [6.07, 6.45) is 4.28. The van der Waals surface area contributed by atoms with E-state index in [2.05, 4.69) is 34.6 Å². The molecule has 3 rings (SSSR count). The van der Waals surface area contributed by atoms with Crippen molar-refractivity contribution in [1.82, 2.24) is 9.88 Å². The van der Waals surface area contributed by atoms with Crippen molar-refractivity contribution in [1.29, 1.82) is 0 Å². The van der Waals surface area contributed by atoms with E-state index in [4.69, 9.17) is 0 Å². The Morgan fingerprint density at radius 2 is 2.09 bits per heavy atom. The Hall–Kier alpha value is -2.20. The van der Waals surface area contributed by atoms with Crippen LogP contribution in [0, 0.1) is 0 Å². The van der Waals surface area contributed by atoms with Crippen molar-refractivity contribution in [3.8, 4) is 0 Å². The van der Waals surface area contributed by atoms with Crippen LogP contribution in [0.2, 0.25) is 0 Å². The number of carbonyl (C=O) groups excluding carboxylic acids is 1. The fourth-order valence-electron chi connectivity index (χ4n) is 2.71. The summed E-state index contributed by atoms with van der Waals surface area (Å²) in [6, 6.07) is 14.3. The standard InChI is InChI=1S/C19H20N2OS/c1-21(19(22)11-3-7-16-8-5-13-23-16)14-15-6-2-10-18-17(15)9-4-12-20-18/h2,4-6,8-10,12-13H,3,7,11,14H2,1H3. The molecule has 0 unspecified atom stereocenters. The zero-order valence-electron chi connectivity index (χ0n) is 13.2. The molecule has 0 aliphatic rings. The first-order valence-corrected chi connectivity index (χ1v) is 8.71. The van der Waals surface area contributed by atoms with Gasteiger partial charge in [-0.25, -0.2) is 0 Å². The summed E-state index contributed by atoms with van der Waals surface area (Å²) in [5, 5.41) is 3.20. The lowest BCUT2D eigenvalue weighted by Crippen LogP contribution is -2.26. The summed E-state index contributed by atoms with van der Waals surface area (Å²) in [5.74, 6) is 0.197. The predicted octanol–water partition coefficient (Wildman–Crippen LogP) is 4.28. The van der Waals surface area contributed by atoms with Crippen LogP contribution < -0.4 is 0 Å². The zero-order valence-corrected chi connectivity index (χ0v) is 14.1. The van der Waals surface area contributed by atoms with Gasteiger partial charge in [0, 0.05) is 36.5 Å². The molecule has 1 aromatic carbocycles. The van der Waals surface area contributed by atoms with E-state index in [0.717, 1.165) is 29.3 Å². The van der Waals surface area contributed by atoms with E-state index >= 15 is 0 Å². The quantitative estimate of drug-likeness (QED) is 0.678. The van der Waals surface area contributed by atoms with Gasteiger partial charge >= 0.3 is 0 Å². The third-order valence-corrected chi connectivity index (χ3v) is 4.90. The van der Waals surface area contributed by atoms with Crippen molar-refractivity contribution in [2.75, 3.05) is 7.05 Å². The van der Waals surface area contributed by atoms with Crippen molar-refractivity contribution in [3.05, 3.63) is 64.5 Å². The number of hydrogen-bond donors (Lipinski definition) is 0. The Balaban J connectivity index is 1.59. The van der Waals surface area contributed by atoms with Crippen LogP contribution in [-0.2, 0) is 17.8 Å². The van der Waals surface area contributed by atoms with Crippen molar-refractivity contribution < 1.29 is 4.79 Å². The third-order valence-electron chi connectivity index (χ3n) is 3.96. The first-order chi connectivity index (χ1) is 11.2. The second-order valence-electron chi connectivity index (χ2n) is 5.67. The lowest BCUT2D eigenvalue weighted by molar-refractivity contribution is -0.130. The van der Waals surface area contributed by atoms with Gasteiger partial charge in [-0.1, -0.05) is 24.3 Å². The lowest BCUT2D eigenvalue weighted by atomic mass is 10.1. The first kappa shape index (κ1) is 15.7. The summed E-state index contributed by atoms with van der Waals surface area (Å²) in [4.78, 5) is 19.9. The average molecular weight is 324 g/mol. The molecule has 0 atom stereocenters. The van der Waals surface area contributed by atoms with Crippen molar-refractivity contribution in [3.63, 3.8) is 0 Å². The summed E-state index contributed by atoms with van der Waals surface area (Å²) < 4.78 is 0. The van der Waals surface area contributed by atoms with E-state index in [1.807, 2.05) is 30.1 Å². The smallest absolute Gasteiger partial charge is 0.222 e. The van der Waals surface area contributed by atoms with Gasteiger partial charge in [0.05, 0.1) is 5.52 Å². The fourth-order valence-corrected chi connectivity index (χ4v) is 3.46. The summed E-state index contributed by atoms with van der Waals surface area (Å²) in [5.41, 5.74) is 2.12. The second kappa shape index (κ2) is 7.38. The molecule has 4 heteroatoms. The highest BCUT2D eigenvalue weighted by Crippen LogP contribution is 2.18. The second-order valence-corrected chi connectivity index (χ2v) is 6.70. The number of rotatable bonds is 6. The van der Waals surface area contributed by atoms with Crippen molar-refractivity contribution >= 4 is 28.1 Å². The summed E-state index contributed by atoms with van der Waals surface area (Å²) in [7, 11) is 1.88. The lowest BCUT2D eigenvalue weighted by Gasteiger charge is -2.18. The largest absolute Gasteiger partial charge is 0.341 e. The molecule has 0 spiro atoms. The van der Waals surface area contributed by atoms with E-state index in [9.17, 15) is 4.79 Å². The highest BCUT2D eigenvalue weighted by Gasteiger charge is 2.11. The minimum absolute atomic E-state index is 0.197. The van der Waals surface area contributed by atoms with Gasteiger partial charge in [-0.05, 0) is 42.0 Å². The number of aromatic nitrogens is 1. The third kappa shape index (κ3) is 3.96. The van der Waals surface area contributed by atoms with Crippen LogP contribution in [0.25, 0.3) is 10.9 Å². The van der Waals surface area contributed by atoms with E-state index in [1.165, 1.54) is 4.88 Å². The topological polar surface area (TPSA) is 33.2 Å². The highest BCUT2D eigenvalue weighted by molar-refractivity contribution is 7.09. The Bertz CT molecular complexity index is 778. The molecule has 2 heterocycles. The average Bonchev–Trinajstić information content (AvgIpc) is 3.08. The number of hydrogen-bond acceptors (Lipinski definition) is 3. The number of fused-ring (bicyclic) bond motifs is 1. The Kier molecular flexibility index (Phi) is 5.03. The normalized spacial score (nSPS) is 10.8. The van der Waals surface area contributed by atoms with E-state index in [1.54, 1.807) is 17.5 Å². The molecule has 1 amide bonds. The van der Waals surface area contributed by atoms with Crippen LogP contribution in [0.3, 0.4) is 0 Å². The Labute approximate surface area is 140 Å². The SMILES string of the molecule is CN(Cc1cccc2ncccc12)C(=O)CCCc1cccs1. The molecular formula is C19H20N2OS. The van der Waals surface area contributed by atoms with Gasteiger partial charge in [-0.15, -0.1) is 11.3 Å². The highest BCUT2D eigenvalue weighted by atomic mass is 32.1. The molecule has 0 radical (unpaired) electrons. The van der Waals surface area contributed by atoms with Gasteiger partial charge in [-0.2, -0.15) is 0 Å². The molecule has 0 bridgehead atoms. The fraction of sp³-hybridized carbons (Fsp3) is 0.263. The number of benzene rings is 1. The Morgan fingerprint density at radius 1 is 1.17 bits per heavy atom. The number of nitrogens with zero attached hydrogens (tertiary/aromatic N) is 2. The van der Waals surface area contributed by atoms with Crippen LogP contribution in [0.4, 0.5) is 0 Å². The molecule has 0 fully saturated rings. The number of carbonyl (C=O) groups is 1. The van der Waals surface area contributed by atoms with Gasteiger partial charge in [0.15, 0.2) is 0 Å². The van der Waals surface area contributed by atoms with E-state index < -0.39 is 0 Å². The molecule has 0 N–H and O–H groups in total. The predicted molar refractivity (Wildman–Crippen MR) is 95.5 cm³/mol. The summed E-state index contributed by atoms with van der Waals surface area (Å²) >= 11 is 1.76. The van der Waals surface area contributed by atoms with Crippen LogP contribution in [0.1, 0.15) is 23.3 Å². The first-order valence-electron chi connectivity index (χ1n) is 7.83. The summed E-state index contributed by atoms with van der Waals surface area (Å²) in [6.45, 7) is 0.626. The molecule has 118 valence electrons. The van der Waals surface area contributed by atoms with Crippen LogP contribution >= 0.6 is 11.3 Å². The van der Waals surface area contributed by atoms with Gasteiger partial charge < -0.3 is 4.90 Å². The molecule has 0 aliphatic carbocycles. The maximum Gasteiger partial charge on any atom is 0.222 e. The maximum absolute atomic E-state index is 12.3. The minimum atomic E-state index is 0.197. The van der Waals surface area contributed by atoms with Crippen LogP contribution in [0.5, 0.6) is 0 Å². The van der Waals surface area contributed by atoms with Crippen molar-refractivity contribution in [2.24, 2.45) is 0 Å². The molecule has 0 saturated carbocycles. The maximum atomic E-state index is 12.3. The van der Waals surface area contributed by atoms with Crippen LogP contribution in [-0.4, -0.2) is 22.8 Å². The zero-order chi connectivity index (χ0) is 16.1. The molecule has 23 heavy (non-hydrogen) atoms. The number of amides is 1. The molecular weight excluding hydrogens is 304 g/mol. The van der Waals surface area contributed by atoms with Crippen molar-refractivity contribution in [2.45, 2.75) is 25.8 Å². The molecule has 0 aliphatic heterocycles. The number of aryl methyl sites for hydroxylation is 1. The number of thiophene rings is 1. The van der Waals surface area contributed by atoms with Gasteiger partial charge in [0.1, 0.15) is 0 Å². The van der Waals surface area contributed by atoms with Gasteiger partial charge in [0.2, 0.25) is 5.91 Å². The molecule has 2 aromatic heterocycles. The molecule has 3 aromatic rings. The molecule has 0 saturated heterocycles. The van der Waals surface area contributed by atoms with E-state index in [-0.39, 0.29) is 5.91 Å². The molecule has 3 nitrogen and oxygen atoms in total.